The lowest BCUT2D eigenvalue weighted by molar-refractivity contribution is 0.450. The molecule has 1 aliphatic rings. The van der Waals surface area contributed by atoms with Gasteiger partial charge in [-0.2, -0.15) is 17.4 Å². The quantitative estimate of drug-likeness (QED) is 0.886. The van der Waals surface area contributed by atoms with Crippen molar-refractivity contribution in [2.45, 2.75) is 32.2 Å². The lowest BCUT2D eigenvalue weighted by Gasteiger charge is -2.20. The highest BCUT2D eigenvalue weighted by Crippen LogP contribution is 2.21. The largest absolute Gasteiger partial charge is 0.280 e. The van der Waals surface area contributed by atoms with E-state index in [0.29, 0.717) is 19.5 Å². The van der Waals surface area contributed by atoms with Crippen LogP contribution in [-0.2, 0) is 10.2 Å². The Labute approximate surface area is 106 Å². The Morgan fingerprint density at radius 1 is 1.53 bits per heavy atom. The van der Waals surface area contributed by atoms with Gasteiger partial charge in [0, 0.05) is 24.7 Å². The molecular formula is C10H17N3O2S2. The van der Waals surface area contributed by atoms with Crippen LogP contribution in [-0.4, -0.2) is 30.8 Å². The zero-order valence-corrected chi connectivity index (χ0v) is 11.4. The fraction of sp³-hybridized carbons (Fsp3) is 0.700. The van der Waals surface area contributed by atoms with E-state index in [1.165, 1.54) is 15.6 Å². The van der Waals surface area contributed by atoms with Crippen LogP contribution in [0.15, 0.2) is 11.6 Å². The zero-order valence-electron chi connectivity index (χ0n) is 9.80. The normalized spacial score (nSPS) is 19.6. The van der Waals surface area contributed by atoms with Crippen LogP contribution in [0.4, 0.5) is 0 Å². The van der Waals surface area contributed by atoms with Crippen LogP contribution in [0, 0.1) is 0 Å². The van der Waals surface area contributed by atoms with Gasteiger partial charge in [-0.15, -0.1) is 11.3 Å². The Bertz CT molecular complexity index is 438. The van der Waals surface area contributed by atoms with Crippen molar-refractivity contribution in [3.05, 3.63) is 16.6 Å². The zero-order chi connectivity index (χ0) is 12.3. The molecule has 0 radical (unpaired) electrons. The highest BCUT2D eigenvalue weighted by molar-refractivity contribution is 7.87. The molecule has 1 N–H and O–H groups in total. The van der Waals surface area contributed by atoms with Crippen molar-refractivity contribution in [2.24, 2.45) is 0 Å². The standard InChI is InChI=1S/C10H17N3O2S2/c1-2-9(10-11-5-8-16-10)12-17(14,15)13-6-3-4-7-13/h5,8-9,12H,2-4,6-7H2,1H3/t9-/m1/s1. The van der Waals surface area contributed by atoms with E-state index in [9.17, 15) is 8.42 Å². The van der Waals surface area contributed by atoms with E-state index in [0.717, 1.165) is 17.8 Å². The van der Waals surface area contributed by atoms with E-state index in [1.54, 1.807) is 6.20 Å². The summed E-state index contributed by atoms with van der Waals surface area (Å²) in [6.07, 6.45) is 4.32. The van der Waals surface area contributed by atoms with Crippen molar-refractivity contribution in [1.29, 1.82) is 0 Å². The van der Waals surface area contributed by atoms with Crippen molar-refractivity contribution < 1.29 is 8.42 Å². The molecule has 0 amide bonds. The maximum atomic E-state index is 12.1. The summed E-state index contributed by atoms with van der Waals surface area (Å²) in [5, 5.41) is 2.69. The van der Waals surface area contributed by atoms with Crippen LogP contribution in [0.3, 0.4) is 0 Å². The summed E-state index contributed by atoms with van der Waals surface area (Å²) < 4.78 is 28.4. The molecule has 0 unspecified atom stereocenters. The van der Waals surface area contributed by atoms with Crippen LogP contribution in [0.1, 0.15) is 37.2 Å². The number of hydrogen-bond donors (Lipinski definition) is 1. The summed E-state index contributed by atoms with van der Waals surface area (Å²) in [5.41, 5.74) is 0. The van der Waals surface area contributed by atoms with Gasteiger partial charge in [-0.1, -0.05) is 6.92 Å². The van der Waals surface area contributed by atoms with E-state index in [2.05, 4.69) is 9.71 Å². The van der Waals surface area contributed by atoms with Crippen LogP contribution in [0.2, 0.25) is 0 Å². The maximum absolute atomic E-state index is 12.1. The van der Waals surface area contributed by atoms with Crippen LogP contribution >= 0.6 is 11.3 Å². The van der Waals surface area contributed by atoms with Gasteiger partial charge >= 0.3 is 0 Å². The third-order valence-electron chi connectivity index (χ3n) is 2.85. The van der Waals surface area contributed by atoms with E-state index in [-0.39, 0.29) is 6.04 Å². The smallest absolute Gasteiger partial charge is 0.248 e. The van der Waals surface area contributed by atoms with Gasteiger partial charge in [0.05, 0.1) is 6.04 Å². The van der Waals surface area contributed by atoms with E-state index in [4.69, 9.17) is 0 Å². The van der Waals surface area contributed by atoms with Crippen molar-refractivity contribution in [1.82, 2.24) is 14.0 Å². The first-order valence-corrected chi connectivity index (χ1v) is 8.12. The minimum Gasteiger partial charge on any atom is -0.248 e. The SMILES string of the molecule is CC[C@@H](NS(=O)(=O)N1CCCC1)c1nccs1. The van der Waals surface area contributed by atoms with Crippen molar-refractivity contribution in [3.8, 4) is 0 Å². The molecule has 0 bridgehead atoms. The summed E-state index contributed by atoms with van der Waals surface area (Å²) in [6, 6.07) is -0.208. The average molecular weight is 275 g/mol. The molecule has 7 heteroatoms. The molecule has 2 heterocycles. The summed E-state index contributed by atoms with van der Waals surface area (Å²) in [6.45, 7) is 3.21. The second kappa shape index (κ2) is 5.43. The lowest BCUT2D eigenvalue weighted by atomic mass is 10.3. The third kappa shape index (κ3) is 3.04. The van der Waals surface area contributed by atoms with Gasteiger partial charge in [0.25, 0.3) is 10.2 Å². The van der Waals surface area contributed by atoms with Gasteiger partial charge in [-0.25, -0.2) is 4.98 Å². The first-order valence-electron chi connectivity index (χ1n) is 5.80. The van der Waals surface area contributed by atoms with E-state index < -0.39 is 10.2 Å². The summed E-state index contributed by atoms with van der Waals surface area (Å²) in [7, 11) is -3.35. The average Bonchev–Trinajstić information content (AvgIpc) is 2.97. The fourth-order valence-electron chi connectivity index (χ4n) is 1.90. The second-order valence-corrected chi connectivity index (χ2v) is 6.69. The van der Waals surface area contributed by atoms with Crippen molar-refractivity contribution in [3.63, 3.8) is 0 Å². The molecule has 17 heavy (non-hydrogen) atoms. The number of nitrogens with one attached hydrogen (secondary N) is 1. The van der Waals surface area contributed by atoms with Gasteiger partial charge in [0.15, 0.2) is 0 Å². The summed E-state index contributed by atoms with van der Waals surface area (Å²) in [5.74, 6) is 0. The molecule has 96 valence electrons. The number of rotatable bonds is 5. The molecule has 1 saturated heterocycles. The Morgan fingerprint density at radius 2 is 2.24 bits per heavy atom. The number of aromatic nitrogens is 1. The lowest BCUT2D eigenvalue weighted by Crippen LogP contribution is -2.40. The molecule has 1 aliphatic heterocycles. The topological polar surface area (TPSA) is 62.3 Å². The minimum absolute atomic E-state index is 0.208. The van der Waals surface area contributed by atoms with Crippen LogP contribution < -0.4 is 4.72 Å². The third-order valence-corrected chi connectivity index (χ3v) is 5.37. The highest BCUT2D eigenvalue weighted by Gasteiger charge is 2.28. The number of nitrogens with zero attached hydrogens (tertiary/aromatic N) is 2. The van der Waals surface area contributed by atoms with E-state index in [1.807, 2.05) is 12.3 Å². The first kappa shape index (κ1) is 12.9. The molecular weight excluding hydrogens is 258 g/mol. The molecule has 1 fully saturated rings. The van der Waals surface area contributed by atoms with Gasteiger partial charge in [-0.05, 0) is 19.3 Å². The summed E-state index contributed by atoms with van der Waals surface area (Å²) >= 11 is 1.48. The number of thiazole rings is 1. The Hall–Kier alpha value is -0.500. The highest BCUT2D eigenvalue weighted by atomic mass is 32.2. The van der Waals surface area contributed by atoms with Gasteiger partial charge in [-0.3, -0.25) is 0 Å². The molecule has 5 nitrogen and oxygen atoms in total. The van der Waals surface area contributed by atoms with Crippen LogP contribution in [0.5, 0.6) is 0 Å². The predicted molar refractivity (Wildman–Crippen MR) is 68.0 cm³/mol. The Morgan fingerprint density at radius 3 is 2.76 bits per heavy atom. The van der Waals surface area contributed by atoms with Gasteiger partial charge in [0.1, 0.15) is 5.01 Å². The maximum Gasteiger partial charge on any atom is 0.280 e. The van der Waals surface area contributed by atoms with Crippen molar-refractivity contribution in [2.75, 3.05) is 13.1 Å². The summed E-state index contributed by atoms with van der Waals surface area (Å²) in [4.78, 5) is 4.17. The van der Waals surface area contributed by atoms with Gasteiger partial charge < -0.3 is 0 Å². The molecule has 2 rings (SSSR count). The predicted octanol–water partition coefficient (Wildman–Crippen LogP) is 1.52. The molecule has 1 aromatic heterocycles. The van der Waals surface area contributed by atoms with Crippen LogP contribution in [0.25, 0.3) is 0 Å². The second-order valence-electron chi connectivity index (χ2n) is 4.06. The number of hydrogen-bond acceptors (Lipinski definition) is 4. The Balaban J connectivity index is 2.08. The molecule has 0 saturated carbocycles. The van der Waals surface area contributed by atoms with Crippen molar-refractivity contribution >= 4 is 21.5 Å². The molecule has 0 aromatic carbocycles. The molecule has 0 spiro atoms. The van der Waals surface area contributed by atoms with E-state index >= 15 is 0 Å². The molecule has 1 aromatic rings. The van der Waals surface area contributed by atoms with Gasteiger partial charge in [0.2, 0.25) is 0 Å². The first-order chi connectivity index (χ1) is 8.13. The Kier molecular flexibility index (Phi) is 4.13. The minimum atomic E-state index is -3.35. The monoisotopic (exact) mass is 275 g/mol. The fourth-order valence-corrected chi connectivity index (χ4v) is 4.27. The molecule has 1 atom stereocenters. The molecule has 0 aliphatic carbocycles.